The van der Waals surface area contributed by atoms with Gasteiger partial charge in [0.15, 0.2) is 0 Å². The summed E-state index contributed by atoms with van der Waals surface area (Å²) in [6.45, 7) is 2.38. The number of carbonyl (C=O) groups excluding carboxylic acids is 1. The maximum atomic E-state index is 13.6. The number of amides is 1. The van der Waals surface area contributed by atoms with Crippen LogP contribution in [-0.2, 0) is 4.79 Å². The molecule has 1 aliphatic rings. The fraction of sp³-hybridized carbons (Fsp3) is 0.233. The summed E-state index contributed by atoms with van der Waals surface area (Å²) >= 11 is 0. The molecule has 5 nitrogen and oxygen atoms in total. The number of allylic oxidation sites excluding steroid dienone is 2. The molecule has 0 spiro atoms. The largest absolute Gasteiger partial charge is 0.497 e. The van der Waals surface area contributed by atoms with Crippen molar-refractivity contribution in [2.24, 2.45) is 0 Å². The maximum Gasteiger partial charge on any atom is 0.246 e. The second-order valence-electron chi connectivity index (χ2n) is 8.69. The molecule has 1 saturated heterocycles. The highest BCUT2D eigenvalue weighted by Gasteiger charge is 2.27. The number of ether oxygens (including phenoxy) is 2. The molecule has 0 saturated carbocycles. The summed E-state index contributed by atoms with van der Waals surface area (Å²) in [5.74, 6) is 0.723. The van der Waals surface area contributed by atoms with Crippen LogP contribution in [0, 0.1) is 11.6 Å². The predicted molar refractivity (Wildman–Crippen MR) is 141 cm³/mol. The highest BCUT2D eigenvalue weighted by atomic mass is 19.1. The molecule has 1 aliphatic heterocycles. The fourth-order valence-corrected chi connectivity index (χ4v) is 4.46. The molecule has 0 aliphatic carbocycles. The Morgan fingerprint density at radius 1 is 0.811 bits per heavy atom. The molecule has 7 heteroatoms. The SMILES string of the molecule is COc1ccc(/C=C/C=C/C(=O)N2CCN(C(c3ccc(F)cc3)c3ccc(F)cc3)CC2)c(OC)c1. The lowest BCUT2D eigenvalue weighted by Gasteiger charge is -2.39. The Balaban J connectivity index is 1.39. The van der Waals surface area contributed by atoms with Gasteiger partial charge in [-0.15, -0.1) is 0 Å². The number of piperazine rings is 1. The highest BCUT2D eigenvalue weighted by Crippen LogP contribution is 2.30. The minimum absolute atomic E-state index is 0.0638. The van der Waals surface area contributed by atoms with Gasteiger partial charge in [-0.25, -0.2) is 8.78 Å². The molecular formula is C30H30F2N2O3. The van der Waals surface area contributed by atoms with Crippen LogP contribution >= 0.6 is 0 Å². The molecule has 1 amide bonds. The van der Waals surface area contributed by atoms with E-state index in [0.717, 1.165) is 16.7 Å². The monoisotopic (exact) mass is 504 g/mol. The Morgan fingerprint density at radius 3 is 1.95 bits per heavy atom. The number of rotatable bonds is 8. The van der Waals surface area contributed by atoms with Crippen LogP contribution in [0.25, 0.3) is 6.08 Å². The number of benzene rings is 3. The van der Waals surface area contributed by atoms with Gasteiger partial charge in [0.25, 0.3) is 0 Å². The van der Waals surface area contributed by atoms with Crippen LogP contribution in [-0.4, -0.2) is 56.1 Å². The van der Waals surface area contributed by atoms with Crippen LogP contribution in [0.1, 0.15) is 22.7 Å². The summed E-state index contributed by atoms with van der Waals surface area (Å²) in [6, 6.07) is 18.2. The maximum absolute atomic E-state index is 13.6. The van der Waals surface area contributed by atoms with Gasteiger partial charge in [-0.05, 0) is 47.5 Å². The van der Waals surface area contributed by atoms with Gasteiger partial charge < -0.3 is 14.4 Å². The number of carbonyl (C=O) groups is 1. The third kappa shape index (κ3) is 6.62. The Morgan fingerprint density at radius 2 is 1.41 bits per heavy atom. The average molecular weight is 505 g/mol. The molecular weight excluding hydrogens is 474 g/mol. The first kappa shape index (κ1) is 26.1. The lowest BCUT2D eigenvalue weighted by molar-refractivity contribution is -0.127. The zero-order chi connectivity index (χ0) is 26.2. The molecule has 3 aromatic rings. The normalized spacial score (nSPS) is 14.6. The van der Waals surface area contributed by atoms with Crippen molar-refractivity contribution in [3.63, 3.8) is 0 Å². The molecule has 0 radical (unpaired) electrons. The van der Waals surface area contributed by atoms with E-state index in [2.05, 4.69) is 4.90 Å². The van der Waals surface area contributed by atoms with Gasteiger partial charge in [0, 0.05) is 43.9 Å². The average Bonchev–Trinajstić information content (AvgIpc) is 2.93. The van der Waals surface area contributed by atoms with E-state index in [1.165, 1.54) is 24.3 Å². The summed E-state index contributed by atoms with van der Waals surface area (Å²) in [7, 11) is 3.20. The lowest BCUT2D eigenvalue weighted by Crippen LogP contribution is -2.49. The Bertz CT molecular complexity index is 1200. The molecule has 0 aromatic heterocycles. The third-order valence-electron chi connectivity index (χ3n) is 6.43. The number of nitrogens with zero attached hydrogens (tertiary/aromatic N) is 2. The quantitative estimate of drug-likeness (QED) is 0.301. The molecule has 192 valence electrons. The van der Waals surface area contributed by atoms with Crippen LogP contribution < -0.4 is 9.47 Å². The second-order valence-corrected chi connectivity index (χ2v) is 8.69. The highest BCUT2D eigenvalue weighted by molar-refractivity contribution is 5.88. The summed E-state index contributed by atoms with van der Waals surface area (Å²) in [4.78, 5) is 16.8. The van der Waals surface area contributed by atoms with Crippen molar-refractivity contribution >= 4 is 12.0 Å². The van der Waals surface area contributed by atoms with Gasteiger partial charge in [0.1, 0.15) is 23.1 Å². The van der Waals surface area contributed by atoms with Gasteiger partial charge in [0.05, 0.1) is 20.3 Å². The topological polar surface area (TPSA) is 42.0 Å². The summed E-state index contributed by atoms with van der Waals surface area (Å²) in [6.07, 6.45) is 6.95. The number of methoxy groups -OCH3 is 2. The van der Waals surface area contributed by atoms with E-state index >= 15 is 0 Å². The molecule has 0 bridgehead atoms. The van der Waals surface area contributed by atoms with Crippen molar-refractivity contribution in [2.45, 2.75) is 6.04 Å². The van der Waals surface area contributed by atoms with Crippen molar-refractivity contribution in [3.05, 3.63) is 113 Å². The van der Waals surface area contributed by atoms with E-state index in [-0.39, 0.29) is 23.6 Å². The smallest absolute Gasteiger partial charge is 0.246 e. The number of halogens is 2. The number of hydrogen-bond donors (Lipinski definition) is 0. The molecule has 1 heterocycles. The van der Waals surface area contributed by atoms with Crippen LogP contribution in [0.2, 0.25) is 0 Å². The Labute approximate surface area is 216 Å². The van der Waals surface area contributed by atoms with E-state index in [4.69, 9.17) is 9.47 Å². The van der Waals surface area contributed by atoms with E-state index in [0.29, 0.717) is 37.7 Å². The zero-order valence-electron chi connectivity index (χ0n) is 20.9. The van der Waals surface area contributed by atoms with Gasteiger partial charge >= 0.3 is 0 Å². The zero-order valence-corrected chi connectivity index (χ0v) is 20.9. The Kier molecular flexibility index (Phi) is 8.69. The van der Waals surface area contributed by atoms with Gasteiger partial charge in [0.2, 0.25) is 5.91 Å². The van der Waals surface area contributed by atoms with E-state index < -0.39 is 0 Å². The van der Waals surface area contributed by atoms with E-state index in [9.17, 15) is 13.6 Å². The molecule has 0 unspecified atom stereocenters. The van der Waals surface area contributed by atoms with Crippen molar-refractivity contribution in [3.8, 4) is 11.5 Å². The minimum Gasteiger partial charge on any atom is -0.497 e. The first-order valence-corrected chi connectivity index (χ1v) is 12.1. The summed E-state index contributed by atoms with van der Waals surface area (Å²) in [5, 5.41) is 0. The standard InChI is InChI=1S/C30H30F2N2O3/c1-36-27-16-11-22(28(21-27)37-2)5-3-4-6-29(35)33-17-19-34(20-18-33)30(23-7-12-25(31)13-8-23)24-9-14-26(32)15-10-24/h3-16,21,30H,17-20H2,1-2H3/b5-3+,6-4+. The van der Waals surface area contributed by atoms with E-state index in [1.807, 2.05) is 18.2 Å². The molecule has 4 rings (SSSR count). The molecule has 0 atom stereocenters. The Hall–Kier alpha value is -3.97. The number of hydrogen-bond acceptors (Lipinski definition) is 4. The predicted octanol–water partition coefficient (Wildman–Crippen LogP) is 5.49. The fourth-order valence-electron chi connectivity index (χ4n) is 4.46. The van der Waals surface area contributed by atoms with Crippen LogP contribution in [0.5, 0.6) is 11.5 Å². The van der Waals surface area contributed by atoms with Gasteiger partial charge in [-0.1, -0.05) is 42.5 Å². The van der Waals surface area contributed by atoms with Crippen molar-refractivity contribution in [1.82, 2.24) is 9.80 Å². The second kappa shape index (κ2) is 12.3. The first-order chi connectivity index (χ1) is 18.0. The van der Waals surface area contributed by atoms with Crippen molar-refractivity contribution < 1.29 is 23.0 Å². The minimum atomic E-state index is -0.303. The molecule has 0 N–H and O–H groups in total. The van der Waals surface area contributed by atoms with E-state index in [1.54, 1.807) is 67.7 Å². The van der Waals surface area contributed by atoms with Crippen molar-refractivity contribution in [2.75, 3.05) is 40.4 Å². The third-order valence-corrected chi connectivity index (χ3v) is 6.43. The lowest BCUT2D eigenvalue weighted by atomic mass is 9.96. The van der Waals surface area contributed by atoms with Crippen LogP contribution in [0.15, 0.2) is 85.0 Å². The molecule has 37 heavy (non-hydrogen) atoms. The van der Waals surface area contributed by atoms with Crippen molar-refractivity contribution in [1.29, 1.82) is 0 Å². The first-order valence-electron chi connectivity index (χ1n) is 12.1. The molecule has 1 fully saturated rings. The van der Waals surface area contributed by atoms with Gasteiger partial charge in [-0.2, -0.15) is 0 Å². The summed E-state index contributed by atoms with van der Waals surface area (Å²) < 4.78 is 37.7. The van der Waals surface area contributed by atoms with Crippen LogP contribution in [0.4, 0.5) is 8.78 Å². The molecule has 3 aromatic carbocycles. The van der Waals surface area contributed by atoms with Crippen LogP contribution in [0.3, 0.4) is 0 Å². The summed E-state index contributed by atoms with van der Waals surface area (Å²) in [5.41, 5.74) is 2.72. The van der Waals surface area contributed by atoms with Gasteiger partial charge in [-0.3, -0.25) is 9.69 Å².